The molecule has 0 saturated heterocycles. The molecule has 7 heteroatoms. The smallest absolute Gasteiger partial charge is 0.262 e. The zero-order valence-electron chi connectivity index (χ0n) is 16.5. The third-order valence-electron chi connectivity index (χ3n) is 5.11. The van der Waals surface area contributed by atoms with Crippen molar-refractivity contribution in [2.75, 3.05) is 0 Å². The lowest BCUT2D eigenvalue weighted by Gasteiger charge is -2.20. The van der Waals surface area contributed by atoms with E-state index < -0.39 is 0 Å². The van der Waals surface area contributed by atoms with Crippen molar-refractivity contribution in [1.82, 2.24) is 19.5 Å². The predicted molar refractivity (Wildman–Crippen MR) is 118 cm³/mol. The van der Waals surface area contributed by atoms with Gasteiger partial charge in [0.05, 0.1) is 27.1 Å². The second kappa shape index (κ2) is 7.83. The van der Waals surface area contributed by atoms with Crippen molar-refractivity contribution in [2.24, 2.45) is 0 Å². The summed E-state index contributed by atoms with van der Waals surface area (Å²) in [6.07, 6.45) is 0.812. The van der Waals surface area contributed by atoms with Crippen molar-refractivity contribution in [1.29, 1.82) is 0 Å². The third kappa shape index (κ3) is 3.58. The molecule has 4 aromatic rings. The summed E-state index contributed by atoms with van der Waals surface area (Å²) in [5, 5.41) is 1.62. The standard InChI is InChI=1S/C22H22N4O2S/c1-4-13(2)26-21(28)16-10-6-8-12-18(16)24-22(26)29-14(3)19-23-17-11-7-5-9-15(17)20(27)25-19/h5-14H,4H2,1-3H3,(H,23,25,27)/t13-,14+/m0/s1. The Hall–Kier alpha value is -2.93. The molecule has 0 bridgehead atoms. The van der Waals surface area contributed by atoms with Crippen LogP contribution in [-0.4, -0.2) is 19.5 Å². The van der Waals surface area contributed by atoms with Gasteiger partial charge in [0.15, 0.2) is 5.16 Å². The average molecular weight is 407 g/mol. The molecular weight excluding hydrogens is 384 g/mol. The van der Waals surface area contributed by atoms with Gasteiger partial charge in [0, 0.05) is 6.04 Å². The van der Waals surface area contributed by atoms with Gasteiger partial charge in [0.2, 0.25) is 0 Å². The fraction of sp³-hybridized carbons (Fsp3) is 0.273. The van der Waals surface area contributed by atoms with Crippen LogP contribution in [0.15, 0.2) is 63.3 Å². The number of para-hydroxylation sites is 2. The summed E-state index contributed by atoms with van der Waals surface area (Å²) in [6.45, 7) is 6.02. The minimum atomic E-state index is -0.185. The van der Waals surface area contributed by atoms with Gasteiger partial charge in [-0.25, -0.2) is 9.97 Å². The van der Waals surface area contributed by atoms with Crippen molar-refractivity contribution >= 4 is 33.6 Å². The quantitative estimate of drug-likeness (QED) is 0.391. The van der Waals surface area contributed by atoms with Gasteiger partial charge < -0.3 is 4.98 Å². The number of H-pyrrole nitrogens is 1. The van der Waals surface area contributed by atoms with Crippen molar-refractivity contribution < 1.29 is 0 Å². The van der Waals surface area contributed by atoms with Gasteiger partial charge in [-0.2, -0.15) is 0 Å². The number of nitrogens with zero attached hydrogens (tertiary/aromatic N) is 3. The van der Waals surface area contributed by atoms with Gasteiger partial charge in [-0.15, -0.1) is 0 Å². The van der Waals surface area contributed by atoms with Gasteiger partial charge in [-0.1, -0.05) is 43.0 Å². The van der Waals surface area contributed by atoms with Gasteiger partial charge >= 0.3 is 0 Å². The van der Waals surface area contributed by atoms with Crippen LogP contribution in [0.25, 0.3) is 21.8 Å². The van der Waals surface area contributed by atoms with E-state index in [2.05, 4.69) is 9.97 Å². The summed E-state index contributed by atoms with van der Waals surface area (Å²) in [6, 6.07) is 14.7. The summed E-state index contributed by atoms with van der Waals surface area (Å²) >= 11 is 1.43. The topological polar surface area (TPSA) is 80.6 Å². The number of nitrogens with one attached hydrogen (secondary N) is 1. The number of hydrogen-bond acceptors (Lipinski definition) is 5. The molecule has 2 aromatic carbocycles. The van der Waals surface area contributed by atoms with Gasteiger partial charge in [-0.3, -0.25) is 14.2 Å². The van der Waals surface area contributed by atoms with Crippen molar-refractivity contribution in [3.8, 4) is 0 Å². The minimum absolute atomic E-state index is 0.0120. The third-order valence-corrected chi connectivity index (χ3v) is 6.18. The van der Waals surface area contributed by atoms with E-state index >= 15 is 0 Å². The maximum atomic E-state index is 13.1. The Morgan fingerprint density at radius 3 is 2.28 bits per heavy atom. The summed E-state index contributed by atoms with van der Waals surface area (Å²) in [4.78, 5) is 37.8. The lowest BCUT2D eigenvalue weighted by molar-refractivity contribution is 0.467. The molecule has 4 rings (SSSR count). The molecule has 2 aromatic heterocycles. The number of aromatic nitrogens is 4. The molecule has 0 saturated carbocycles. The van der Waals surface area contributed by atoms with Crippen LogP contribution in [0.4, 0.5) is 0 Å². The van der Waals surface area contributed by atoms with Gasteiger partial charge in [0.1, 0.15) is 5.82 Å². The van der Waals surface area contributed by atoms with E-state index in [0.29, 0.717) is 32.8 Å². The number of benzene rings is 2. The lowest BCUT2D eigenvalue weighted by Crippen LogP contribution is -2.26. The number of thioether (sulfide) groups is 1. The number of fused-ring (bicyclic) bond motifs is 2. The Morgan fingerprint density at radius 1 is 0.966 bits per heavy atom. The number of aromatic amines is 1. The molecule has 0 radical (unpaired) electrons. The first-order valence-corrected chi connectivity index (χ1v) is 10.5. The first kappa shape index (κ1) is 19.4. The van der Waals surface area contributed by atoms with Crippen molar-refractivity contribution in [3.05, 3.63) is 75.1 Å². The zero-order valence-corrected chi connectivity index (χ0v) is 17.4. The van der Waals surface area contributed by atoms with Crippen LogP contribution < -0.4 is 11.1 Å². The Labute approximate surface area is 172 Å². The van der Waals surface area contributed by atoms with E-state index in [1.54, 1.807) is 10.6 Å². The van der Waals surface area contributed by atoms with Crippen LogP contribution in [0, 0.1) is 0 Å². The second-order valence-electron chi connectivity index (χ2n) is 7.07. The molecule has 148 valence electrons. The second-order valence-corrected chi connectivity index (χ2v) is 8.38. The Bertz CT molecular complexity index is 1310. The molecule has 6 nitrogen and oxygen atoms in total. The Kier molecular flexibility index (Phi) is 5.24. The monoisotopic (exact) mass is 406 g/mol. The molecule has 0 aliphatic carbocycles. The SMILES string of the molecule is CC[C@H](C)n1c(S[C@H](C)c2nc3ccccc3c(=O)[nH]2)nc2ccccc2c1=O. The summed E-state index contributed by atoms with van der Waals surface area (Å²) < 4.78 is 1.75. The highest BCUT2D eigenvalue weighted by Gasteiger charge is 2.20. The molecular formula is C22H22N4O2S. The van der Waals surface area contributed by atoms with E-state index in [4.69, 9.17) is 4.98 Å². The van der Waals surface area contributed by atoms with E-state index in [0.717, 1.165) is 6.42 Å². The normalized spacial score (nSPS) is 13.6. The molecule has 1 N–H and O–H groups in total. The highest BCUT2D eigenvalue weighted by atomic mass is 32.2. The lowest BCUT2D eigenvalue weighted by atomic mass is 10.2. The van der Waals surface area contributed by atoms with Crippen molar-refractivity contribution in [2.45, 2.75) is 43.6 Å². The zero-order chi connectivity index (χ0) is 20.5. The van der Waals surface area contributed by atoms with E-state index in [1.165, 1.54) is 11.8 Å². The summed E-state index contributed by atoms with van der Waals surface area (Å²) in [7, 11) is 0. The maximum absolute atomic E-state index is 13.1. The largest absolute Gasteiger partial charge is 0.309 e. The molecule has 0 aliphatic heterocycles. The van der Waals surface area contributed by atoms with Crippen LogP contribution in [0.2, 0.25) is 0 Å². The molecule has 29 heavy (non-hydrogen) atoms. The number of hydrogen-bond donors (Lipinski definition) is 1. The molecule has 0 spiro atoms. The van der Waals surface area contributed by atoms with Gasteiger partial charge in [-0.05, 0) is 44.5 Å². The molecule has 2 heterocycles. The van der Waals surface area contributed by atoms with Crippen LogP contribution in [0.3, 0.4) is 0 Å². The molecule has 2 atom stereocenters. The Balaban J connectivity index is 1.81. The van der Waals surface area contributed by atoms with Crippen molar-refractivity contribution in [3.63, 3.8) is 0 Å². The molecule has 0 unspecified atom stereocenters. The maximum Gasteiger partial charge on any atom is 0.262 e. The summed E-state index contributed by atoms with van der Waals surface area (Å²) in [5.74, 6) is 0.566. The molecule has 0 aliphatic rings. The Morgan fingerprint density at radius 2 is 1.59 bits per heavy atom. The van der Waals surface area contributed by atoms with E-state index in [1.807, 2.05) is 63.2 Å². The summed E-state index contributed by atoms with van der Waals surface area (Å²) in [5.41, 5.74) is 1.12. The highest BCUT2D eigenvalue weighted by Crippen LogP contribution is 2.33. The van der Waals surface area contributed by atoms with Crippen LogP contribution in [-0.2, 0) is 0 Å². The number of rotatable bonds is 5. The molecule has 0 fully saturated rings. The van der Waals surface area contributed by atoms with Crippen LogP contribution in [0.5, 0.6) is 0 Å². The fourth-order valence-electron chi connectivity index (χ4n) is 3.29. The van der Waals surface area contributed by atoms with Gasteiger partial charge in [0.25, 0.3) is 11.1 Å². The first-order chi connectivity index (χ1) is 14.0. The van der Waals surface area contributed by atoms with E-state index in [9.17, 15) is 9.59 Å². The molecule has 0 amide bonds. The fourth-order valence-corrected chi connectivity index (χ4v) is 4.36. The van der Waals surface area contributed by atoms with Crippen LogP contribution in [0.1, 0.15) is 44.3 Å². The minimum Gasteiger partial charge on any atom is -0.309 e. The first-order valence-electron chi connectivity index (χ1n) is 9.66. The van der Waals surface area contributed by atoms with E-state index in [-0.39, 0.29) is 22.4 Å². The van der Waals surface area contributed by atoms with Crippen LogP contribution >= 0.6 is 11.8 Å². The predicted octanol–water partition coefficient (Wildman–Crippen LogP) is 4.46. The highest BCUT2D eigenvalue weighted by molar-refractivity contribution is 7.99. The average Bonchev–Trinajstić information content (AvgIpc) is 2.73.